The summed E-state index contributed by atoms with van der Waals surface area (Å²) in [5.74, 6) is -2.41. The van der Waals surface area contributed by atoms with E-state index in [1.165, 1.54) is 22.6 Å². The molecule has 2 aliphatic rings. The molecule has 4 heterocycles. The second kappa shape index (κ2) is 12.9. The molecule has 1 aliphatic heterocycles. The van der Waals surface area contributed by atoms with Gasteiger partial charge in [0.15, 0.2) is 5.65 Å². The highest BCUT2D eigenvalue weighted by Gasteiger charge is 2.52. The van der Waals surface area contributed by atoms with Gasteiger partial charge in [-0.2, -0.15) is 22.5 Å². The number of hydrogen-bond donors (Lipinski definition) is 1. The van der Waals surface area contributed by atoms with Gasteiger partial charge in [-0.05, 0) is 79.1 Å². The van der Waals surface area contributed by atoms with Gasteiger partial charge in [-0.25, -0.2) is 8.42 Å². The van der Waals surface area contributed by atoms with E-state index in [0.29, 0.717) is 54.1 Å². The summed E-state index contributed by atoms with van der Waals surface area (Å²) in [6.45, 7) is 4.75. The molecule has 0 radical (unpaired) electrons. The number of ether oxygens (including phenoxy) is 2. The number of anilines is 1. The fourth-order valence-electron chi connectivity index (χ4n) is 6.30. The van der Waals surface area contributed by atoms with E-state index < -0.39 is 39.5 Å². The third-order valence-electron chi connectivity index (χ3n) is 9.24. The predicted molar refractivity (Wildman–Crippen MR) is 172 cm³/mol. The molecule has 49 heavy (non-hydrogen) atoms. The van der Waals surface area contributed by atoms with Crippen molar-refractivity contribution in [3.8, 4) is 5.88 Å². The normalized spacial score (nSPS) is 17.4. The summed E-state index contributed by atoms with van der Waals surface area (Å²) in [7, 11) is -0.571. The minimum atomic E-state index is -4.73. The summed E-state index contributed by atoms with van der Waals surface area (Å²) >= 11 is 0. The number of methoxy groups -OCH3 is 1. The van der Waals surface area contributed by atoms with E-state index in [-0.39, 0.29) is 35.9 Å². The van der Waals surface area contributed by atoms with Crippen molar-refractivity contribution in [2.24, 2.45) is 0 Å². The number of aromatic nitrogens is 4. The third kappa shape index (κ3) is 6.81. The predicted octanol–water partition coefficient (Wildman–Crippen LogP) is 4.96. The van der Waals surface area contributed by atoms with Crippen LogP contribution in [0.5, 0.6) is 5.88 Å². The fourth-order valence-corrected chi connectivity index (χ4v) is 7.84. The Morgan fingerprint density at radius 2 is 1.92 bits per heavy atom. The second-order valence-corrected chi connectivity index (χ2v) is 14.7. The zero-order valence-corrected chi connectivity index (χ0v) is 28.3. The fraction of sp³-hybridized carbons (Fsp3) is 0.455. The quantitative estimate of drug-likeness (QED) is 0.214. The monoisotopic (exact) mass is 702 g/mol. The van der Waals surface area contributed by atoms with Crippen molar-refractivity contribution in [1.82, 2.24) is 23.9 Å². The van der Waals surface area contributed by atoms with Gasteiger partial charge in [-0.3, -0.25) is 9.20 Å². The van der Waals surface area contributed by atoms with Gasteiger partial charge < -0.3 is 19.5 Å². The van der Waals surface area contributed by atoms with E-state index >= 15 is 0 Å². The minimum Gasteiger partial charge on any atom is -0.481 e. The van der Waals surface area contributed by atoms with Crippen LogP contribution in [0.25, 0.3) is 5.65 Å². The van der Waals surface area contributed by atoms with E-state index in [0.717, 1.165) is 16.4 Å². The van der Waals surface area contributed by atoms with E-state index in [9.17, 15) is 31.5 Å². The maximum absolute atomic E-state index is 14.2. The average molecular weight is 703 g/mol. The molecule has 16 heteroatoms. The van der Waals surface area contributed by atoms with Gasteiger partial charge in [0, 0.05) is 46.0 Å². The molecule has 0 amide bonds. The smallest absolute Gasteiger partial charge is 0.452 e. The Hall–Kier alpha value is -4.28. The van der Waals surface area contributed by atoms with Crippen LogP contribution in [0.2, 0.25) is 0 Å². The summed E-state index contributed by atoms with van der Waals surface area (Å²) in [6.07, 6.45) is -1.81. The number of pyridine rings is 2. The summed E-state index contributed by atoms with van der Waals surface area (Å²) < 4.78 is 82.5. The van der Waals surface area contributed by atoms with Crippen LogP contribution in [0.1, 0.15) is 65.2 Å². The van der Waals surface area contributed by atoms with Crippen LogP contribution in [0.4, 0.5) is 19.0 Å². The van der Waals surface area contributed by atoms with Crippen LogP contribution in [0, 0.1) is 13.8 Å². The van der Waals surface area contributed by atoms with Crippen molar-refractivity contribution in [3.05, 3.63) is 76.2 Å². The molecule has 1 aliphatic carbocycles. The molecular weight excluding hydrogens is 665 g/mol. The number of aliphatic carboxylic acids is 1. The first-order valence-electron chi connectivity index (χ1n) is 15.8. The first-order valence-corrected chi connectivity index (χ1v) is 17.2. The van der Waals surface area contributed by atoms with E-state index in [2.05, 4.69) is 15.2 Å². The van der Waals surface area contributed by atoms with Gasteiger partial charge >= 0.3 is 12.1 Å². The van der Waals surface area contributed by atoms with Gasteiger partial charge in [0.1, 0.15) is 16.3 Å². The van der Waals surface area contributed by atoms with E-state index in [1.54, 1.807) is 38.3 Å². The number of carbonyl (C=O) groups is 1. The van der Waals surface area contributed by atoms with Crippen molar-refractivity contribution in [2.75, 3.05) is 38.8 Å². The van der Waals surface area contributed by atoms with E-state index in [1.807, 2.05) is 18.9 Å². The standard InChI is InChI=1S/C33H37F3N6O6S/c1-20-6-7-22(25(17-28(43)44)24-10-14-42-29(21(24)2)38-39-31(42)33(34,35)36)16-23(20)18-41-19-32(11-12-32)48-30-26(49(41,45)46)8-9-27(37-30)40(3)13-5-15-47-4/h6-10,14,16,25H,5,11-13,15,17-19H2,1-4H3,(H,43,44)/t25-/m0/s1. The van der Waals surface area contributed by atoms with Crippen LogP contribution in [-0.4, -0.2) is 82.8 Å². The number of alkyl halides is 3. The highest BCUT2D eigenvalue weighted by molar-refractivity contribution is 7.89. The van der Waals surface area contributed by atoms with E-state index in [4.69, 9.17) is 9.47 Å². The number of sulfonamides is 1. The van der Waals surface area contributed by atoms with Crippen molar-refractivity contribution in [2.45, 2.75) is 68.7 Å². The topological polar surface area (TPSA) is 139 Å². The lowest BCUT2D eigenvalue weighted by Gasteiger charge is -2.25. The Morgan fingerprint density at radius 1 is 1.16 bits per heavy atom. The zero-order valence-electron chi connectivity index (χ0n) is 27.5. The van der Waals surface area contributed by atoms with Crippen LogP contribution < -0.4 is 9.64 Å². The number of nitrogens with zero attached hydrogens (tertiary/aromatic N) is 6. The van der Waals surface area contributed by atoms with Crippen molar-refractivity contribution in [3.63, 3.8) is 0 Å². The number of benzene rings is 1. The Labute approximate surface area is 281 Å². The maximum Gasteiger partial charge on any atom is 0.452 e. The average Bonchev–Trinajstić information content (AvgIpc) is 3.65. The molecule has 12 nitrogen and oxygen atoms in total. The highest BCUT2D eigenvalue weighted by atomic mass is 32.2. The van der Waals surface area contributed by atoms with Gasteiger partial charge in [0.2, 0.25) is 21.7 Å². The molecule has 3 aromatic heterocycles. The first-order chi connectivity index (χ1) is 23.1. The Bertz CT molecular complexity index is 2010. The largest absolute Gasteiger partial charge is 0.481 e. The van der Waals surface area contributed by atoms with Gasteiger partial charge in [-0.1, -0.05) is 18.2 Å². The summed E-state index contributed by atoms with van der Waals surface area (Å²) in [4.78, 5) is 18.6. The molecule has 1 aromatic carbocycles. The number of aryl methyl sites for hydroxylation is 2. The van der Waals surface area contributed by atoms with Crippen LogP contribution in [-0.2, 0) is 32.3 Å². The van der Waals surface area contributed by atoms with Gasteiger partial charge in [0.05, 0.1) is 13.0 Å². The molecule has 1 fully saturated rings. The molecule has 0 bridgehead atoms. The summed E-state index contributed by atoms with van der Waals surface area (Å²) in [6, 6.07) is 9.96. The molecule has 262 valence electrons. The second-order valence-electron chi connectivity index (χ2n) is 12.7. The number of fused-ring (bicyclic) bond motifs is 2. The minimum absolute atomic E-state index is 0.0117. The molecule has 6 rings (SSSR count). The Balaban J connectivity index is 1.34. The highest BCUT2D eigenvalue weighted by Crippen LogP contribution is 2.46. The van der Waals surface area contributed by atoms with Gasteiger partial charge in [-0.15, -0.1) is 10.2 Å². The molecule has 1 atom stereocenters. The molecule has 1 saturated carbocycles. The summed E-state index contributed by atoms with van der Waals surface area (Å²) in [5.41, 5.74) is 2.09. The number of halogens is 3. The summed E-state index contributed by atoms with van der Waals surface area (Å²) in [5, 5.41) is 16.9. The maximum atomic E-state index is 14.2. The van der Waals surface area contributed by atoms with Gasteiger partial charge in [0.25, 0.3) is 0 Å². The molecule has 4 aromatic rings. The van der Waals surface area contributed by atoms with Crippen molar-refractivity contribution < 1.29 is 41.0 Å². The number of carboxylic acids is 1. The first kappa shape index (κ1) is 34.6. The zero-order chi connectivity index (χ0) is 35.3. The molecule has 1 N–H and O–H groups in total. The third-order valence-corrected chi connectivity index (χ3v) is 11.0. The Kier molecular flexibility index (Phi) is 9.09. The van der Waals surface area contributed by atoms with Crippen LogP contribution in [0.3, 0.4) is 0 Å². The lowest BCUT2D eigenvalue weighted by Crippen LogP contribution is -2.38. The lowest BCUT2D eigenvalue weighted by molar-refractivity contribution is -0.145. The van der Waals surface area contributed by atoms with Crippen molar-refractivity contribution >= 4 is 27.5 Å². The number of carboxylic acid groups (broad SMARTS) is 1. The molecule has 0 saturated heterocycles. The lowest BCUT2D eigenvalue weighted by atomic mass is 9.85. The van der Waals surface area contributed by atoms with Crippen LogP contribution in [0.15, 0.2) is 47.5 Å². The molecule has 0 unspecified atom stereocenters. The van der Waals surface area contributed by atoms with Crippen LogP contribution >= 0.6 is 0 Å². The Morgan fingerprint density at radius 3 is 2.59 bits per heavy atom. The number of rotatable bonds is 11. The molecular formula is C33H37F3N6O6S. The van der Waals surface area contributed by atoms with Crippen molar-refractivity contribution in [1.29, 1.82) is 0 Å². The number of hydrogen-bond acceptors (Lipinski definition) is 9. The molecule has 1 spiro atoms. The SMILES string of the molecule is COCCCN(C)c1ccc2c(n1)OC1(CC1)CN(Cc1cc([C@H](CC(=O)O)c3ccn4c(C(F)(F)F)nnc4c3C)ccc1C)S2(=O)=O.